The monoisotopic (exact) mass is 330 g/mol. The summed E-state index contributed by atoms with van der Waals surface area (Å²) < 4.78 is 24.0. The lowest BCUT2D eigenvalue weighted by Crippen LogP contribution is -2.47. The number of rotatable bonds is 3. The third-order valence-electron chi connectivity index (χ3n) is 3.31. The molecule has 0 radical (unpaired) electrons. The van der Waals surface area contributed by atoms with Crippen molar-refractivity contribution in [3.63, 3.8) is 0 Å². The Morgan fingerprint density at radius 1 is 1.50 bits per heavy atom. The van der Waals surface area contributed by atoms with Gasteiger partial charge in [0, 0.05) is 35.6 Å². The van der Waals surface area contributed by atoms with Crippen molar-refractivity contribution in [2.24, 2.45) is 5.73 Å². The maximum absolute atomic E-state index is 12.0. The maximum atomic E-state index is 12.0. The van der Waals surface area contributed by atoms with E-state index in [1.54, 1.807) is 11.8 Å². The number of thiocarbonyl (C=S) groups is 1. The quantitative estimate of drug-likeness (QED) is 0.849. The van der Waals surface area contributed by atoms with E-state index in [9.17, 15) is 8.42 Å². The molecule has 0 aliphatic carbocycles. The molecule has 1 heterocycles. The summed E-state index contributed by atoms with van der Waals surface area (Å²) in [6.07, 6.45) is 1.28. The van der Waals surface area contributed by atoms with Crippen molar-refractivity contribution in [1.82, 2.24) is 0 Å². The Labute approximate surface area is 129 Å². The minimum atomic E-state index is -3.16. The fraction of sp³-hybridized carbons (Fsp3) is 0.462. The van der Waals surface area contributed by atoms with Gasteiger partial charge in [0.05, 0.1) is 0 Å². The van der Waals surface area contributed by atoms with Gasteiger partial charge in [-0.1, -0.05) is 18.3 Å². The lowest BCUT2D eigenvalue weighted by molar-refractivity contribution is 0.584. The van der Waals surface area contributed by atoms with Crippen LogP contribution in [0.1, 0.15) is 11.1 Å². The highest BCUT2D eigenvalue weighted by Crippen LogP contribution is 2.30. The Morgan fingerprint density at radius 3 is 2.80 bits per heavy atom. The molecule has 0 spiro atoms. The van der Waals surface area contributed by atoms with Gasteiger partial charge in [-0.3, -0.25) is 0 Å². The molecule has 0 amide bonds. The number of benzene rings is 1. The number of nitrogens with zero attached hydrogens (tertiary/aromatic N) is 1. The summed E-state index contributed by atoms with van der Waals surface area (Å²) in [4.78, 5) is 2.22. The minimum Gasteiger partial charge on any atom is -0.389 e. The van der Waals surface area contributed by atoms with Crippen molar-refractivity contribution < 1.29 is 8.42 Å². The zero-order valence-electron chi connectivity index (χ0n) is 11.5. The van der Waals surface area contributed by atoms with Crippen LogP contribution in [0.3, 0.4) is 0 Å². The van der Waals surface area contributed by atoms with Gasteiger partial charge >= 0.3 is 0 Å². The maximum Gasteiger partial charge on any atom is 0.169 e. The highest BCUT2D eigenvalue weighted by molar-refractivity contribution is 8.01. The normalized spacial score (nSPS) is 19.9. The smallest absolute Gasteiger partial charge is 0.169 e. The number of thioether (sulfide) groups is 1. The van der Waals surface area contributed by atoms with Crippen LogP contribution in [0.2, 0.25) is 0 Å². The summed E-state index contributed by atoms with van der Waals surface area (Å²) in [7, 11) is -3.16. The van der Waals surface area contributed by atoms with Crippen LogP contribution in [0.5, 0.6) is 0 Å². The van der Waals surface area contributed by atoms with Gasteiger partial charge in [-0.15, -0.1) is 0 Å². The van der Waals surface area contributed by atoms with E-state index in [0.717, 1.165) is 22.6 Å². The summed E-state index contributed by atoms with van der Waals surface area (Å²) in [6.45, 7) is 2.66. The average molecular weight is 331 g/mol. The van der Waals surface area contributed by atoms with E-state index >= 15 is 0 Å². The van der Waals surface area contributed by atoms with E-state index in [1.165, 1.54) is 6.26 Å². The summed E-state index contributed by atoms with van der Waals surface area (Å²) >= 11 is 6.75. The lowest BCUT2D eigenvalue weighted by atomic mass is 10.1. The molecule has 1 fully saturated rings. The largest absolute Gasteiger partial charge is 0.389 e. The Bertz CT molecular complexity index is 629. The van der Waals surface area contributed by atoms with Crippen LogP contribution in [0.15, 0.2) is 18.2 Å². The standard InChI is InChI=1S/C13H18N2O2S3/c1-9-3-4-10(13(14)18)11(7-9)15-5-6-19-8-12(15)20(2,16)17/h3-4,7,12H,5-6,8H2,1-2H3,(H2,14,18). The van der Waals surface area contributed by atoms with E-state index in [0.29, 0.717) is 17.3 Å². The Morgan fingerprint density at radius 2 is 2.20 bits per heavy atom. The Hall–Kier alpha value is -0.790. The average Bonchev–Trinajstić information content (AvgIpc) is 2.37. The van der Waals surface area contributed by atoms with Gasteiger partial charge in [0.15, 0.2) is 9.84 Å². The topological polar surface area (TPSA) is 63.4 Å². The fourth-order valence-electron chi connectivity index (χ4n) is 2.30. The number of anilines is 1. The highest BCUT2D eigenvalue weighted by atomic mass is 32.2. The molecule has 0 bridgehead atoms. The predicted molar refractivity (Wildman–Crippen MR) is 90.4 cm³/mol. The molecule has 4 nitrogen and oxygen atoms in total. The van der Waals surface area contributed by atoms with Gasteiger partial charge in [0.2, 0.25) is 0 Å². The first-order valence-electron chi connectivity index (χ1n) is 6.24. The van der Waals surface area contributed by atoms with Crippen molar-refractivity contribution in [2.45, 2.75) is 12.3 Å². The molecule has 0 aromatic heterocycles. The summed E-state index contributed by atoms with van der Waals surface area (Å²) in [5, 5.41) is -0.517. The van der Waals surface area contributed by atoms with E-state index in [4.69, 9.17) is 18.0 Å². The van der Waals surface area contributed by atoms with Crippen molar-refractivity contribution in [3.05, 3.63) is 29.3 Å². The van der Waals surface area contributed by atoms with Crippen LogP contribution in [0.25, 0.3) is 0 Å². The van der Waals surface area contributed by atoms with E-state index in [-0.39, 0.29) is 0 Å². The summed E-state index contributed by atoms with van der Waals surface area (Å²) in [5.41, 5.74) is 8.41. The molecule has 0 saturated carbocycles. The first-order valence-corrected chi connectivity index (χ1v) is 9.76. The van der Waals surface area contributed by atoms with Crippen LogP contribution in [-0.2, 0) is 9.84 Å². The predicted octanol–water partition coefficient (Wildman–Crippen LogP) is 1.55. The molecule has 1 unspecified atom stereocenters. The van der Waals surface area contributed by atoms with Crippen LogP contribution < -0.4 is 10.6 Å². The van der Waals surface area contributed by atoms with Crippen molar-refractivity contribution in [1.29, 1.82) is 0 Å². The number of nitrogens with two attached hydrogens (primary N) is 1. The Balaban J connectivity index is 2.52. The SMILES string of the molecule is Cc1ccc(C(N)=S)c(N2CCSCC2S(C)(=O)=O)c1. The van der Waals surface area contributed by atoms with E-state index < -0.39 is 15.2 Å². The number of sulfone groups is 1. The van der Waals surface area contributed by atoms with Gasteiger partial charge in [-0.05, 0) is 24.6 Å². The van der Waals surface area contributed by atoms with Gasteiger partial charge in [0.1, 0.15) is 10.4 Å². The van der Waals surface area contributed by atoms with Crippen LogP contribution in [0, 0.1) is 6.92 Å². The number of hydrogen-bond donors (Lipinski definition) is 1. The van der Waals surface area contributed by atoms with Crippen LogP contribution >= 0.6 is 24.0 Å². The van der Waals surface area contributed by atoms with E-state index in [1.807, 2.05) is 30.0 Å². The zero-order valence-corrected chi connectivity index (χ0v) is 13.9. The van der Waals surface area contributed by atoms with Gasteiger partial charge in [-0.25, -0.2) is 8.42 Å². The molecule has 110 valence electrons. The van der Waals surface area contributed by atoms with Crippen LogP contribution in [0.4, 0.5) is 5.69 Å². The minimum absolute atomic E-state index is 0.297. The second-order valence-corrected chi connectivity index (χ2v) is 8.73. The highest BCUT2D eigenvalue weighted by Gasteiger charge is 2.32. The molecule has 1 aliphatic heterocycles. The van der Waals surface area contributed by atoms with Crippen molar-refractivity contribution >= 4 is 44.5 Å². The molecule has 2 N–H and O–H groups in total. The molecule has 20 heavy (non-hydrogen) atoms. The molecule has 1 aromatic rings. The third-order valence-corrected chi connectivity index (χ3v) is 6.17. The van der Waals surface area contributed by atoms with Gasteiger partial charge in [0.25, 0.3) is 0 Å². The first-order chi connectivity index (χ1) is 9.30. The Kier molecular flexibility index (Phi) is 4.61. The van der Waals surface area contributed by atoms with Gasteiger partial charge in [-0.2, -0.15) is 11.8 Å². The molecule has 2 rings (SSSR count). The molecule has 1 aliphatic rings. The molecule has 1 atom stereocenters. The van der Waals surface area contributed by atoms with Crippen LogP contribution in [-0.4, -0.2) is 43.1 Å². The number of hydrogen-bond acceptors (Lipinski definition) is 5. The molecular weight excluding hydrogens is 312 g/mol. The fourth-order valence-corrected chi connectivity index (χ4v) is 5.30. The van der Waals surface area contributed by atoms with Crippen molar-refractivity contribution in [2.75, 3.05) is 29.2 Å². The summed E-state index contributed by atoms with van der Waals surface area (Å²) in [6, 6.07) is 5.77. The van der Waals surface area contributed by atoms with Gasteiger partial charge < -0.3 is 10.6 Å². The second kappa shape index (κ2) is 5.91. The second-order valence-electron chi connectivity index (χ2n) is 4.94. The first kappa shape index (κ1) is 15.6. The van der Waals surface area contributed by atoms with Crippen molar-refractivity contribution in [3.8, 4) is 0 Å². The molecule has 7 heteroatoms. The molecule has 1 aromatic carbocycles. The molecular formula is C13H18N2O2S3. The molecule has 1 saturated heterocycles. The zero-order chi connectivity index (χ0) is 14.9. The lowest BCUT2D eigenvalue weighted by Gasteiger charge is -2.37. The number of aryl methyl sites for hydroxylation is 1. The van der Waals surface area contributed by atoms with E-state index in [2.05, 4.69) is 0 Å². The third kappa shape index (κ3) is 3.27. The summed E-state index contributed by atoms with van der Waals surface area (Å²) in [5.74, 6) is 1.47.